The quantitative estimate of drug-likeness (QED) is 0.453. The number of allylic oxidation sites excluding steroid dienone is 1. The van der Waals surface area contributed by atoms with Crippen molar-refractivity contribution in [3.8, 4) is 0 Å². The Hall–Kier alpha value is -2.08. The first kappa shape index (κ1) is 20.6. The molecule has 1 saturated carbocycles. The van der Waals surface area contributed by atoms with E-state index in [0.717, 1.165) is 12.8 Å². The minimum Gasteiger partial charge on any atom is -0.352 e. The maximum absolute atomic E-state index is 12.8. The van der Waals surface area contributed by atoms with Gasteiger partial charge in [0.1, 0.15) is 0 Å². The molecule has 5 nitrogen and oxygen atoms in total. The SMILES string of the molecule is C=CCn1c(S[C@H](C)C(=O)N[C@H]2CCC[C@@H](C)[C@H]2C)nc2ccccc2c1=O. The smallest absolute Gasteiger partial charge is 0.262 e. The highest BCUT2D eigenvalue weighted by atomic mass is 32.2. The van der Waals surface area contributed by atoms with Crippen molar-refractivity contribution in [2.24, 2.45) is 11.8 Å². The van der Waals surface area contributed by atoms with Gasteiger partial charge in [0.15, 0.2) is 5.16 Å². The molecule has 1 fully saturated rings. The molecule has 28 heavy (non-hydrogen) atoms. The van der Waals surface area contributed by atoms with E-state index in [-0.39, 0.29) is 22.8 Å². The summed E-state index contributed by atoms with van der Waals surface area (Å²) in [5, 5.41) is 4.02. The Bertz CT molecular complexity index is 924. The standard InChI is InChI=1S/C22H29N3O2S/c1-5-13-25-21(27)17-10-6-7-11-19(17)24-22(25)28-16(4)20(26)23-18-12-8-9-14(2)15(18)3/h5-7,10-11,14-16,18H,1,8-9,12-13H2,2-4H3,(H,23,26)/t14-,15-,16-,18+/m1/s1. The molecule has 3 rings (SSSR count). The summed E-state index contributed by atoms with van der Waals surface area (Å²) in [6, 6.07) is 7.52. The molecule has 1 aliphatic rings. The molecular formula is C22H29N3O2S. The van der Waals surface area contributed by atoms with Gasteiger partial charge in [0.05, 0.1) is 16.2 Å². The Morgan fingerprint density at radius 3 is 2.89 bits per heavy atom. The number of thioether (sulfide) groups is 1. The number of benzene rings is 1. The maximum Gasteiger partial charge on any atom is 0.262 e. The highest BCUT2D eigenvalue weighted by Crippen LogP contribution is 2.30. The average molecular weight is 400 g/mol. The summed E-state index contributed by atoms with van der Waals surface area (Å²) in [6.07, 6.45) is 5.09. The largest absolute Gasteiger partial charge is 0.352 e. The number of fused-ring (bicyclic) bond motifs is 1. The van der Waals surface area contributed by atoms with Crippen LogP contribution in [0.5, 0.6) is 0 Å². The first-order valence-electron chi connectivity index (χ1n) is 10.00. The van der Waals surface area contributed by atoms with E-state index in [1.165, 1.54) is 18.2 Å². The summed E-state index contributed by atoms with van der Waals surface area (Å²) >= 11 is 1.33. The van der Waals surface area contributed by atoms with Crippen LogP contribution in [0.4, 0.5) is 0 Å². The molecule has 0 saturated heterocycles. The molecule has 1 aromatic heterocycles. The van der Waals surface area contributed by atoms with E-state index in [1.807, 2.05) is 25.1 Å². The molecular weight excluding hydrogens is 370 g/mol. The Morgan fingerprint density at radius 2 is 2.14 bits per heavy atom. The molecule has 0 radical (unpaired) electrons. The summed E-state index contributed by atoms with van der Waals surface area (Å²) in [7, 11) is 0. The predicted molar refractivity (Wildman–Crippen MR) is 116 cm³/mol. The van der Waals surface area contributed by atoms with Gasteiger partial charge in [-0.05, 0) is 37.3 Å². The fourth-order valence-electron chi connectivity index (χ4n) is 3.83. The second-order valence-electron chi connectivity index (χ2n) is 7.76. The van der Waals surface area contributed by atoms with Gasteiger partial charge in [0.2, 0.25) is 5.91 Å². The number of carbonyl (C=O) groups excluding carboxylic acids is 1. The molecule has 4 atom stereocenters. The van der Waals surface area contributed by atoms with E-state index in [9.17, 15) is 9.59 Å². The summed E-state index contributed by atoms with van der Waals surface area (Å²) in [4.78, 5) is 30.3. The Kier molecular flexibility index (Phi) is 6.60. The molecule has 1 aromatic carbocycles. The summed E-state index contributed by atoms with van der Waals surface area (Å²) in [5.41, 5.74) is 0.549. The molecule has 1 N–H and O–H groups in total. The lowest BCUT2D eigenvalue weighted by Crippen LogP contribution is -2.46. The van der Waals surface area contributed by atoms with Crippen LogP contribution in [0.1, 0.15) is 40.0 Å². The van der Waals surface area contributed by atoms with Crippen LogP contribution in [0.15, 0.2) is 46.9 Å². The van der Waals surface area contributed by atoms with Crippen LogP contribution in [0.3, 0.4) is 0 Å². The van der Waals surface area contributed by atoms with Crippen molar-refractivity contribution < 1.29 is 4.79 Å². The van der Waals surface area contributed by atoms with Gasteiger partial charge in [0, 0.05) is 12.6 Å². The van der Waals surface area contributed by atoms with Crippen molar-refractivity contribution in [2.45, 2.75) is 63.0 Å². The molecule has 6 heteroatoms. The molecule has 0 spiro atoms. The van der Waals surface area contributed by atoms with Gasteiger partial charge in [-0.1, -0.05) is 56.7 Å². The van der Waals surface area contributed by atoms with E-state index in [0.29, 0.717) is 34.4 Å². The van der Waals surface area contributed by atoms with Gasteiger partial charge in [-0.25, -0.2) is 4.98 Å². The Labute approximate surface area is 170 Å². The number of carbonyl (C=O) groups is 1. The molecule has 0 aliphatic heterocycles. The maximum atomic E-state index is 12.8. The second-order valence-corrected chi connectivity index (χ2v) is 9.07. The topological polar surface area (TPSA) is 64.0 Å². The number of para-hydroxylation sites is 1. The highest BCUT2D eigenvalue weighted by molar-refractivity contribution is 8.00. The van der Waals surface area contributed by atoms with Crippen LogP contribution >= 0.6 is 11.8 Å². The zero-order valence-electron chi connectivity index (χ0n) is 16.9. The van der Waals surface area contributed by atoms with E-state index in [4.69, 9.17) is 0 Å². The van der Waals surface area contributed by atoms with E-state index < -0.39 is 0 Å². The summed E-state index contributed by atoms with van der Waals surface area (Å²) in [6.45, 7) is 10.5. The zero-order valence-corrected chi connectivity index (χ0v) is 17.7. The number of amides is 1. The van der Waals surface area contributed by atoms with Crippen LogP contribution in [-0.2, 0) is 11.3 Å². The minimum atomic E-state index is -0.339. The number of aromatic nitrogens is 2. The lowest BCUT2D eigenvalue weighted by Gasteiger charge is -2.35. The zero-order chi connectivity index (χ0) is 20.3. The molecule has 1 aliphatic carbocycles. The highest BCUT2D eigenvalue weighted by Gasteiger charge is 2.29. The van der Waals surface area contributed by atoms with Gasteiger partial charge < -0.3 is 5.32 Å². The molecule has 1 amide bonds. The van der Waals surface area contributed by atoms with E-state index >= 15 is 0 Å². The van der Waals surface area contributed by atoms with E-state index in [2.05, 4.69) is 30.7 Å². The number of rotatable bonds is 6. The Balaban J connectivity index is 1.81. The predicted octanol–water partition coefficient (Wildman–Crippen LogP) is 4.00. The van der Waals surface area contributed by atoms with Crippen LogP contribution in [0, 0.1) is 11.8 Å². The van der Waals surface area contributed by atoms with Crippen LogP contribution in [-0.4, -0.2) is 26.8 Å². The van der Waals surface area contributed by atoms with Gasteiger partial charge >= 0.3 is 0 Å². The van der Waals surface area contributed by atoms with Crippen molar-refractivity contribution in [1.29, 1.82) is 0 Å². The first-order valence-corrected chi connectivity index (χ1v) is 10.9. The number of nitrogens with one attached hydrogen (secondary N) is 1. The molecule has 0 unspecified atom stereocenters. The van der Waals surface area contributed by atoms with Gasteiger partial charge in [-0.15, -0.1) is 6.58 Å². The van der Waals surface area contributed by atoms with Crippen molar-refractivity contribution >= 4 is 28.6 Å². The average Bonchev–Trinajstić information content (AvgIpc) is 2.68. The normalized spacial score (nSPS) is 23.3. The van der Waals surface area contributed by atoms with E-state index in [1.54, 1.807) is 16.7 Å². The fraction of sp³-hybridized carbons (Fsp3) is 0.500. The number of hydrogen-bond acceptors (Lipinski definition) is 4. The fourth-order valence-corrected chi connectivity index (χ4v) is 4.75. The second kappa shape index (κ2) is 8.95. The van der Waals surface area contributed by atoms with Crippen molar-refractivity contribution in [2.75, 3.05) is 0 Å². The van der Waals surface area contributed by atoms with Crippen molar-refractivity contribution in [3.05, 3.63) is 47.3 Å². The lowest BCUT2D eigenvalue weighted by atomic mass is 9.78. The molecule has 2 aromatic rings. The summed E-state index contributed by atoms with van der Waals surface area (Å²) < 4.78 is 1.59. The van der Waals surface area contributed by atoms with Crippen LogP contribution < -0.4 is 10.9 Å². The lowest BCUT2D eigenvalue weighted by molar-refractivity contribution is -0.121. The third kappa shape index (κ3) is 4.32. The molecule has 0 bridgehead atoms. The molecule has 150 valence electrons. The van der Waals surface area contributed by atoms with Crippen molar-refractivity contribution in [3.63, 3.8) is 0 Å². The molecule has 1 heterocycles. The van der Waals surface area contributed by atoms with Gasteiger partial charge in [0.25, 0.3) is 5.56 Å². The van der Waals surface area contributed by atoms with Crippen LogP contribution in [0.25, 0.3) is 10.9 Å². The van der Waals surface area contributed by atoms with Crippen molar-refractivity contribution in [1.82, 2.24) is 14.9 Å². The minimum absolute atomic E-state index is 0.00325. The monoisotopic (exact) mass is 399 g/mol. The third-order valence-electron chi connectivity index (χ3n) is 5.82. The Morgan fingerprint density at radius 1 is 1.39 bits per heavy atom. The number of nitrogens with zero attached hydrogens (tertiary/aromatic N) is 2. The number of hydrogen-bond donors (Lipinski definition) is 1. The van der Waals surface area contributed by atoms with Gasteiger partial charge in [-0.3, -0.25) is 14.2 Å². The van der Waals surface area contributed by atoms with Crippen LogP contribution in [0.2, 0.25) is 0 Å². The van der Waals surface area contributed by atoms with Gasteiger partial charge in [-0.2, -0.15) is 0 Å². The summed E-state index contributed by atoms with van der Waals surface area (Å²) in [5.74, 6) is 1.11. The third-order valence-corrected chi connectivity index (χ3v) is 6.91. The first-order chi connectivity index (χ1) is 13.4.